The van der Waals surface area contributed by atoms with Gasteiger partial charge in [-0.3, -0.25) is 9.59 Å². The maximum atomic E-state index is 13.4. The Kier molecular flexibility index (Phi) is 6.81. The van der Waals surface area contributed by atoms with Gasteiger partial charge in [0.05, 0.1) is 12.3 Å². The van der Waals surface area contributed by atoms with Crippen molar-refractivity contribution >= 4 is 17.9 Å². The van der Waals surface area contributed by atoms with E-state index in [0.29, 0.717) is 11.3 Å². The summed E-state index contributed by atoms with van der Waals surface area (Å²) in [7, 11) is 0. The monoisotopic (exact) mass is 436 g/mol. The Morgan fingerprint density at radius 1 is 0.788 bits per heavy atom. The quantitative estimate of drug-likeness (QED) is 0.388. The molecule has 0 fully saturated rings. The molecule has 4 aromatic rings. The Bertz CT molecular complexity index is 1190. The van der Waals surface area contributed by atoms with E-state index < -0.39 is 11.9 Å². The molecule has 0 unspecified atom stereocenters. The number of nitrogens with one attached hydrogen (secondary N) is 2. The minimum atomic E-state index is -0.426. The number of benzene rings is 3. The van der Waals surface area contributed by atoms with Gasteiger partial charge in [-0.05, 0) is 42.3 Å². The largest absolute Gasteiger partial charge is 0.465 e. The number of rotatable bonds is 7. The highest BCUT2D eigenvalue weighted by Gasteiger charge is 2.21. The third kappa shape index (κ3) is 5.66. The van der Waals surface area contributed by atoms with Crippen LogP contribution in [0.4, 0.5) is 0 Å². The van der Waals surface area contributed by atoms with Gasteiger partial charge in [-0.1, -0.05) is 78.4 Å². The standard InChI is InChI=1S/C28H24N2O3/c1-20-14-16-23(17-15-20)27(31)29-25(19-24-13-8-18-33-24)28(32)30-26(21-9-4-2-5-10-21)22-11-6-3-7-12-22/h2-19,26H,1H3,(H,29,31)(H,30,32)/b25-19-. The zero-order valence-corrected chi connectivity index (χ0v) is 18.2. The molecular weight excluding hydrogens is 412 g/mol. The molecule has 0 aliphatic rings. The second kappa shape index (κ2) is 10.3. The van der Waals surface area contributed by atoms with Crippen molar-refractivity contribution in [3.63, 3.8) is 0 Å². The number of furan rings is 1. The molecule has 0 aliphatic heterocycles. The first-order valence-electron chi connectivity index (χ1n) is 10.6. The van der Waals surface area contributed by atoms with Gasteiger partial charge in [-0.2, -0.15) is 0 Å². The molecular formula is C28H24N2O3. The van der Waals surface area contributed by atoms with E-state index in [1.54, 1.807) is 24.3 Å². The molecule has 0 atom stereocenters. The molecule has 5 nitrogen and oxygen atoms in total. The van der Waals surface area contributed by atoms with Crippen molar-refractivity contribution in [2.45, 2.75) is 13.0 Å². The van der Waals surface area contributed by atoms with E-state index in [0.717, 1.165) is 16.7 Å². The molecule has 0 aliphatic carbocycles. The van der Waals surface area contributed by atoms with Crippen LogP contribution >= 0.6 is 0 Å². The second-order valence-electron chi connectivity index (χ2n) is 7.62. The summed E-state index contributed by atoms with van der Waals surface area (Å²) in [5.74, 6) is -0.344. The maximum Gasteiger partial charge on any atom is 0.268 e. The van der Waals surface area contributed by atoms with Gasteiger partial charge < -0.3 is 15.1 Å². The predicted molar refractivity (Wildman–Crippen MR) is 128 cm³/mol. The van der Waals surface area contributed by atoms with Gasteiger partial charge in [-0.25, -0.2) is 0 Å². The van der Waals surface area contributed by atoms with E-state index in [-0.39, 0.29) is 11.6 Å². The van der Waals surface area contributed by atoms with Crippen LogP contribution in [0.3, 0.4) is 0 Å². The summed E-state index contributed by atoms with van der Waals surface area (Å²) in [4.78, 5) is 26.3. The summed E-state index contributed by atoms with van der Waals surface area (Å²) in [6, 6.07) is 29.6. The SMILES string of the molecule is Cc1ccc(C(=O)N/C(=C\c2ccco2)C(=O)NC(c2ccccc2)c2ccccc2)cc1. The first kappa shape index (κ1) is 21.8. The molecule has 0 saturated heterocycles. The van der Waals surface area contributed by atoms with E-state index in [4.69, 9.17) is 4.42 Å². The van der Waals surface area contributed by atoms with Crippen LogP contribution in [-0.2, 0) is 4.79 Å². The molecule has 0 radical (unpaired) electrons. The van der Waals surface area contributed by atoms with Crippen LogP contribution in [0.2, 0.25) is 0 Å². The molecule has 4 rings (SSSR count). The molecule has 2 N–H and O–H groups in total. The lowest BCUT2D eigenvalue weighted by atomic mass is 9.98. The average Bonchev–Trinajstić information content (AvgIpc) is 3.36. The summed E-state index contributed by atoms with van der Waals surface area (Å²) < 4.78 is 5.38. The van der Waals surface area contributed by atoms with Crippen LogP contribution in [0.1, 0.15) is 38.9 Å². The molecule has 0 saturated carbocycles. The van der Waals surface area contributed by atoms with Crippen molar-refractivity contribution in [3.05, 3.63) is 137 Å². The number of amides is 2. The zero-order valence-electron chi connectivity index (χ0n) is 18.2. The highest BCUT2D eigenvalue weighted by atomic mass is 16.3. The Labute approximate surface area is 192 Å². The Hall–Kier alpha value is -4.38. The van der Waals surface area contributed by atoms with Crippen LogP contribution < -0.4 is 10.6 Å². The molecule has 0 spiro atoms. The fourth-order valence-corrected chi connectivity index (χ4v) is 3.43. The molecule has 33 heavy (non-hydrogen) atoms. The second-order valence-corrected chi connectivity index (χ2v) is 7.62. The topological polar surface area (TPSA) is 71.3 Å². The number of carbonyl (C=O) groups is 2. The normalized spacial score (nSPS) is 11.3. The summed E-state index contributed by atoms with van der Waals surface area (Å²) in [5, 5.41) is 5.81. The highest BCUT2D eigenvalue weighted by Crippen LogP contribution is 2.22. The van der Waals surface area contributed by atoms with Crippen molar-refractivity contribution < 1.29 is 14.0 Å². The number of hydrogen-bond acceptors (Lipinski definition) is 3. The fourth-order valence-electron chi connectivity index (χ4n) is 3.43. The zero-order chi connectivity index (χ0) is 23.0. The Morgan fingerprint density at radius 2 is 1.39 bits per heavy atom. The molecule has 164 valence electrons. The van der Waals surface area contributed by atoms with Gasteiger partial charge in [0, 0.05) is 11.6 Å². The Morgan fingerprint density at radius 3 is 1.94 bits per heavy atom. The lowest BCUT2D eigenvalue weighted by molar-refractivity contribution is -0.118. The third-order valence-corrected chi connectivity index (χ3v) is 5.18. The van der Waals surface area contributed by atoms with Crippen molar-refractivity contribution in [2.75, 3.05) is 0 Å². The smallest absolute Gasteiger partial charge is 0.268 e. The minimum absolute atomic E-state index is 0.0902. The van der Waals surface area contributed by atoms with Gasteiger partial charge in [0.15, 0.2) is 0 Å². The van der Waals surface area contributed by atoms with Crippen LogP contribution in [0.15, 0.2) is 113 Å². The minimum Gasteiger partial charge on any atom is -0.465 e. The molecule has 0 bridgehead atoms. The maximum absolute atomic E-state index is 13.4. The van der Waals surface area contributed by atoms with E-state index in [1.807, 2.05) is 79.7 Å². The molecule has 1 aromatic heterocycles. The Balaban J connectivity index is 1.63. The number of aryl methyl sites for hydroxylation is 1. The van der Waals surface area contributed by atoms with Crippen molar-refractivity contribution in [2.24, 2.45) is 0 Å². The first-order valence-corrected chi connectivity index (χ1v) is 10.6. The summed E-state index contributed by atoms with van der Waals surface area (Å²) in [5.41, 5.74) is 3.46. The van der Waals surface area contributed by atoms with Crippen LogP contribution in [0.5, 0.6) is 0 Å². The lowest BCUT2D eigenvalue weighted by Gasteiger charge is -2.21. The van der Waals surface area contributed by atoms with Crippen molar-refractivity contribution in [3.8, 4) is 0 Å². The number of hydrogen-bond donors (Lipinski definition) is 2. The van der Waals surface area contributed by atoms with Gasteiger partial charge in [0.2, 0.25) is 0 Å². The van der Waals surface area contributed by atoms with Crippen molar-refractivity contribution in [1.29, 1.82) is 0 Å². The van der Waals surface area contributed by atoms with Crippen LogP contribution in [0, 0.1) is 6.92 Å². The van der Waals surface area contributed by atoms with Gasteiger partial charge >= 0.3 is 0 Å². The third-order valence-electron chi connectivity index (χ3n) is 5.18. The molecule has 1 heterocycles. The summed E-state index contributed by atoms with van der Waals surface area (Å²) in [6.07, 6.45) is 3.04. The van der Waals surface area contributed by atoms with E-state index in [9.17, 15) is 9.59 Å². The van der Waals surface area contributed by atoms with Crippen molar-refractivity contribution in [1.82, 2.24) is 10.6 Å². The van der Waals surface area contributed by atoms with E-state index in [1.165, 1.54) is 12.3 Å². The van der Waals surface area contributed by atoms with E-state index in [2.05, 4.69) is 10.6 Å². The summed E-state index contributed by atoms with van der Waals surface area (Å²) >= 11 is 0. The summed E-state index contributed by atoms with van der Waals surface area (Å²) in [6.45, 7) is 1.95. The molecule has 3 aromatic carbocycles. The predicted octanol–water partition coefficient (Wildman–Crippen LogP) is 5.26. The van der Waals surface area contributed by atoms with Gasteiger partial charge in [0.25, 0.3) is 11.8 Å². The average molecular weight is 437 g/mol. The highest BCUT2D eigenvalue weighted by molar-refractivity contribution is 6.05. The molecule has 5 heteroatoms. The van der Waals surface area contributed by atoms with E-state index >= 15 is 0 Å². The van der Waals surface area contributed by atoms with Gasteiger partial charge in [0.1, 0.15) is 11.5 Å². The number of carbonyl (C=O) groups excluding carboxylic acids is 2. The molecule has 2 amide bonds. The first-order chi connectivity index (χ1) is 16.1. The lowest BCUT2D eigenvalue weighted by Crippen LogP contribution is -2.37. The van der Waals surface area contributed by atoms with Crippen LogP contribution in [0.25, 0.3) is 6.08 Å². The fraction of sp³-hybridized carbons (Fsp3) is 0.0714. The van der Waals surface area contributed by atoms with Gasteiger partial charge in [-0.15, -0.1) is 0 Å². The van der Waals surface area contributed by atoms with Crippen LogP contribution in [-0.4, -0.2) is 11.8 Å².